The molecule has 7 nitrogen and oxygen atoms in total. The molecule has 2 heterocycles. The van der Waals surface area contributed by atoms with Gasteiger partial charge in [-0.15, -0.1) is 0 Å². The Bertz CT molecular complexity index is 495. The van der Waals surface area contributed by atoms with Gasteiger partial charge in [-0.2, -0.15) is 0 Å². The first kappa shape index (κ1) is 15.7. The Morgan fingerprint density at radius 3 is 3.10 bits per heavy atom. The molecule has 0 saturated carbocycles. The smallest absolute Gasteiger partial charge is 0.225 e. The van der Waals surface area contributed by atoms with Crippen LogP contribution in [0.15, 0.2) is 6.07 Å². The number of nitrogens with one attached hydrogen (secondary N) is 1. The molecule has 7 heteroatoms. The Morgan fingerprint density at radius 2 is 2.38 bits per heavy atom. The molecule has 0 spiro atoms. The summed E-state index contributed by atoms with van der Waals surface area (Å²) in [4.78, 5) is 23.0. The highest BCUT2D eigenvalue weighted by Gasteiger charge is 2.30. The molecule has 1 fully saturated rings. The number of carbonyl (C=O) groups is 1. The number of nitrogens with zero attached hydrogens (tertiary/aromatic N) is 3. The van der Waals surface area contributed by atoms with Crippen LogP contribution in [-0.4, -0.2) is 61.3 Å². The predicted octanol–water partition coefficient (Wildman–Crippen LogP) is 0.763. The lowest BCUT2D eigenvalue weighted by Crippen LogP contribution is -2.44. The van der Waals surface area contributed by atoms with Crippen molar-refractivity contribution >= 4 is 11.7 Å². The fourth-order valence-electron chi connectivity index (χ4n) is 2.32. The summed E-state index contributed by atoms with van der Waals surface area (Å²) < 4.78 is 10.5. The molecule has 0 radical (unpaired) electrons. The third kappa shape index (κ3) is 3.89. The van der Waals surface area contributed by atoms with Crippen LogP contribution >= 0.6 is 0 Å². The van der Waals surface area contributed by atoms with E-state index in [1.807, 2.05) is 20.0 Å². The molecule has 0 bridgehead atoms. The standard InChI is InChI=1S/C14H22N4O3/c1-10-8-12(15-2)17-14(16-10)11-9-21-7-5-18(11)13(19)4-6-20-3/h8,11H,4-7,9H2,1-3H3,(H,15,16,17). The van der Waals surface area contributed by atoms with Gasteiger partial charge in [0.15, 0.2) is 5.82 Å². The Hall–Kier alpha value is -1.73. The summed E-state index contributed by atoms with van der Waals surface area (Å²) >= 11 is 0. The van der Waals surface area contributed by atoms with Crippen molar-refractivity contribution in [3.8, 4) is 0 Å². The van der Waals surface area contributed by atoms with Crippen molar-refractivity contribution in [1.29, 1.82) is 0 Å². The van der Waals surface area contributed by atoms with Crippen molar-refractivity contribution in [2.24, 2.45) is 0 Å². The molecule has 1 atom stereocenters. The second-order valence-electron chi connectivity index (χ2n) is 4.92. The first-order valence-electron chi connectivity index (χ1n) is 7.05. The molecule has 1 aliphatic heterocycles. The molecular weight excluding hydrogens is 272 g/mol. The molecule has 116 valence electrons. The molecule has 1 saturated heterocycles. The van der Waals surface area contributed by atoms with E-state index in [4.69, 9.17) is 9.47 Å². The second kappa shape index (κ2) is 7.33. The van der Waals surface area contributed by atoms with Crippen molar-refractivity contribution in [3.05, 3.63) is 17.6 Å². The Kier molecular flexibility index (Phi) is 5.46. The second-order valence-corrected chi connectivity index (χ2v) is 4.92. The molecule has 1 amide bonds. The van der Waals surface area contributed by atoms with Crippen LogP contribution in [0.5, 0.6) is 0 Å². The van der Waals surface area contributed by atoms with Crippen LogP contribution in [0.1, 0.15) is 24.0 Å². The maximum atomic E-state index is 12.3. The summed E-state index contributed by atoms with van der Waals surface area (Å²) in [5.41, 5.74) is 0.860. The third-order valence-electron chi connectivity index (χ3n) is 3.39. The normalized spacial score (nSPS) is 18.6. The SMILES string of the molecule is CNc1cc(C)nc(C2COCCN2C(=O)CCOC)n1. The van der Waals surface area contributed by atoms with E-state index >= 15 is 0 Å². The van der Waals surface area contributed by atoms with Crippen LogP contribution in [0.3, 0.4) is 0 Å². The minimum Gasteiger partial charge on any atom is -0.384 e. The van der Waals surface area contributed by atoms with Gasteiger partial charge in [-0.05, 0) is 6.92 Å². The summed E-state index contributed by atoms with van der Waals surface area (Å²) in [6.45, 7) is 3.84. The number of carbonyl (C=O) groups excluding carboxylic acids is 1. The number of amides is 1. The Morgan fingerprint density at radius 1 is 1.57 bits per heavy atom. The highest BCUT2D eigenvalue weighted by atomic mass is 16.5. The van der Waals surface area contributed by atoms with Crippen LogP contribution in [0.2, 0.25) is 0 Å². The van der Waals surface area contributed by atoms with E-state index in [-0.39, 0.29) is 11.9 Å². The predicted molar refractivity (Wildman–Crippen MR) is 78.1 cm³/mol. The topological polar surface area (TPSA) is 76.6 Å². The minimum atomic E-state index is -0.241. The molecule has 1 aromatic rings. The van der Waals surface area contributed by atoms with Gasteiger partial charge in [0.25, 0.3) is 0 Å². The summed E-state index contributed by atoms with van der Waals surface area (Å²) in [7, 11) is 3.40. The average Bonchev–Trinajstić information content (AvgIpc) is 2.51. The number of methoxy groups -OCH3 is 1. The van der Waals surface area contributed by atoms with Gasteiger partial charge in [0.05, 0.1) is 26.2 Å². The van der Waals surface area contributed by atoms with E-state index in [0.29, 0.717) is 38.6 Å². The number of hydrogen-bond donors (Lipinski definition) is 1. The fourth-order valence-corrected chi connectivity index (χ4v) is 2.32. The summed E-state index contributed by atoms with van der Waals surface area (Å²) in [5.74, 6) is 1.40. The van der Waals surface area contributed by atoms with Gasteiger partial charge in [0.2, 0.25) is 5.91 Å². The van der Waals surface area contributed by atoms with Crippen molar-refractivity contribution < 1.29 is 14.3 Å². The van der Waals surface area contributed by atoms with Gasteiger partial charge in [-0.3, -0.25) is 4.79 Å². The average molecular weight is 294 g/mol. The number of aromatic nitrogens is 2. The Balaban J connectivity index is 2.21. The van der Waals surface area contributed by atoms with Gasteiger partial charge in [0, 0.05) is 32.5 Å². The highest BCUT2D eigenvalue weighted by Crippen LogP contribution is 2.23. The zero-order valence-electron chi connectivity index (χ0n) is 12.8. The van der Waals surface area contributed by atoms with Crippen LogP contribution in [0, 0.1) is 6.92 Å². The molecule has 0 aromatic carbocycles. The molecule has 1 N–H and O–H groups in total. The summed E-state index contributed by atoms with van der Waals surface area (Å²) in [6.07, 6.45) is 0.359. The molecule has 1 unspecified atom stereocenters. The molecule has 1 aromatic heterocycles. The lowest BCUT2D eigenvalue weighted by molar-refractivity contribution is -0.141. The van der Waals surface area contributed by atoms with Gasteiger partial charge < -0.3 is 19.7 Å². The van der Waals surface area contributed by atoms with Crippen molar-refractivity contribution in [3.63, 3.8) is 0 Å². The van der Waals surface area contributed by atoms with Gasteiger partial charge >= 0.3 is 0 Å². The van der Waals surface area contributed by atoms with E-state index in [9.17, 15) is 4.79 Å². The van der Waals surface area contributed by atoms with Crippen LogP contribution < -0.4 is 5.32 Å². The van der Waals surface area contributed by atoms with Crippen LogP contribution in [-0.2, 0) is 14.3 Å². The maximum absolute atomic E-state index is 12.3. The molecule has 21 heavy (non-hydrogen) atoms. The van der Waals surface area contributed by atoms with E-state index in [2.05, 4.69) is 15.3 Å². The zero-order valence-corrected chi connectivity index (χ0v) is 12.8. The quantitative estimate of drug-likeness (QED) is 0.864. The number of hydrogen-bond acceptors (Lipinski definition) is 6. The lowest BCUT2D eigenvalue weighted by atomic mass is 10.2. The summed E-state index contributed by atoms with van der Waals surface area (Å²) in [5, 5.41) is 3.01. The third-order valence-corrected chi connectivity index (χ3v) is 3.39. The molecular formula is C14H22N4O3. The van der Waals surface area contributed by atoms with Crippen molar-refractivity contribution in [2.75, 3.05) is 45.8 Å². The minimum absolute atomic E-state index is 0.0428. The highest BCUT2D eigenvalue weighted by molar-refractivity contribution is 5.76. The van der Waals surface area contributed by atoms with Crippen LogP contribution in [0.4, 0.5) is 5.82 Å². The first-order valence-corrected chi connectivity index (χ1v) is 7.05. The number of ether oxygens (including phenoxy) is 2. The number of morpholine rings is 1. The monoisotopic (exact) mass is 294 g/mol. The van der Waals surface area contributed by atoms with E-state index in [0.717, 1.165) is 11.5 Å². The zero-order chi connectivity index (χ0) is 15.2. The summed E-state index contributed by atoms with van der Waals surface area (Å²) in [6, 6.07) is 1.62. The van der Waals surface area contributed by atoms with Gasteiger partial charge in [-0.1, -0.05) is 0 Å². The lowest BCUT2D eigenvalue weighted by Gasteiger charge is -2.34. The van der Waals surface area contributed by atoms with E-state index in [1.165, 1.54) is 0 Å². The van der Waals surface area contributed by atoms with E-state index in [1.54, 1.807) is 12.0 Å². The number of rotatable bonds is 5. The maximum Gasteiger partial charge on any atom is 0.225 e. The van der Waals surface area contributed by atoms with Crippen molar-refractivity contribution in [2.45, 2.75) is 19.4 Å². The Labute approximate surface area is 124 Å². The molecule has 1 aliphatic rings. The van der Waals surface area contributed by atoms with Crippen molar-refractivity contribution in [1.82, 2.24) is 14.9 Å². The number of anilines is 1. The van der Waals surface area contributed by atoms with E-state index < -0.39 is 0 Å². The number of aryl methyl sites for hydroxylation is 1. The van der Waals surface area contributed by atoms with Crippen LogP contribution in [0.25, 0.3) is 0 Å². The fraction of sp³-hybridized carbons (Fsp3) is 0.643. The molecule has 2 rings (SSSR count). The largest absolute Gasteiger partial charge is 0.384 e. The van der Waals surface area contributed by atoms with Gasteiger partial charge in [-0.25, -0.2) is 9.97 Å². The van der Waals surface area contributed by atoms with Gasteiger partial charge in [0.1, 0.15) is 11.9 Å². The molecule has 0 aliphatic carbocycles. The first-order chi connectivity index (χ1) is 10.2.